The molecule has 0 N–H and O–H groups in total. The minimum Gasteiger partial charge on any atom is -0.0877 e. The zero-order chi connectivity index (χ0) is 19.9. The van der Waals surface area contributed by atoms with Crippen LogP contribution in [0.25, 0.3) is 0 Å². The van der Waals surface area contributed by atoms with Gasteiger partial charge in [-0.1, -0.05) is 104 Å². The summed E-state index contributed by atoms with van der Waals surface area (Å²) in [7, 11) is 0. The van der Waals surface area contributed by atoms with Crippen molar-refractivity contribution in [3.05, 3.63) is 48.6 Å². The Bertz CT molecular complexity index is 347. The predicted molar refractivity (Wildman–Crippen MR) is 121 cm³/mol. The van der Waals surface area contributed by atoms with Gasteiger partial charge >= 0.3 is 0 Å². The highest BCUT2D eigenvalue weighted by Gasteiger charge is 2.11. The van der Waals surface area contributed by atoms with E-state index in [0.717, 1.165) is 49.4 Å². The molecule has 0 aromatic carbocycles. The van der Waals surface area contributed by atoms with E-state index in [2.05, 4.69) is 104 Å². The van der Waals surface area contributed by atoms with E-state index < -0.39 is 0 Å². The highest BCUT2D eigenvalue weighted by molar-refractivity contribution is 5.14. The first-order valence-electron chi connectivity index (χ1n) is 10.9. The zero-order valence-corrected chi connectivity index (χ0v) is 18.9. The largest absolute Gasteiger partial charge is 0.0877 e. The summed E-state index contributed by atoms with van der Waals surface area (Å²) >= 11 is 0. The lowest BCUT2D eigenvalue weighted by Gasteiger charge is -2.17. The summed E-state index contributed by atoms with van der Waals surface area (Å²) in [5, 5.41) is 0. The van der Waals surface area contributed by atoms with E-state index >= 15 is 0 Å². The van der Waals surface area contributed by atoms with Gasteiger partial charge in [0.05, 0.1) is 0 Å². The summed E-state index contributed by atoms with van der Waals surface area (Å²) in [6.07, 6.45) is 23.9. The first kappa shape index (κ1) is 25.0. The Morgan fingerprint density at radius 3 is 0.731 bits per heavy atom. The Labute approximate surface area is 165 Å². The van der Waals surface area contributed by atoms with Crippen molar-refractivity contribution >= 4 is 0 Å². The van der Waals surface area contributed by atoms with Crippen LogP contribution in [-0.2, 0) is 0 Å². The molecule has 0 heterocycles. The molecule has 0 atom stereocenters. The van der Waals surface area contributed by atoms with Crippen LogP contribution in [0, 0.1) is 35.5 Å². The van der Waals surface area contributed by atoms with Crippen LogP contribution in [0.2, 0.25) is 0 Å². The SMILES string of the molecule is CC(C)C/C=C\C(/C=C\CC(C)C)C(/C=C\CC(C)C)/C=C\CC(C)C. The smallest absolute Gasteiger partial charge is 0.00441 e. The molecule has 0 spiro atoms. The fourth-order valence-corrected chi connectivity index (χ4v) is 2.67. The van der Waals surface area contributed by atoms with Gasteiger partial charge in [-0.05, 0) is 49.4 Å². The van der Waals surface area contributed by atoms with Crippen molar-refractivity contribution in [3.63, 3.8) is 0 Å². The molecule has 0 aromatic rings. The van der Waals surface area contributed by atoms with Crippen LogP contribution in [0.3, 0.4) is 0 Å². The van der Waals surface area contributed by atoms with Crippen molar-refractivity contribution in [3.8, 4) is 0 Å². The minimum atomic E-state index is 0.458. The maximum atomic E-state index is 2.43. The maximum absolute atomic E-state index is 2.43. The molecule has 26 heavy (non-hydrogen) atoms. The number of rotatable bonds is 13. The molecular weight excluding hydrogens is 312 g/mol. The van der Waals surface area contributed by atoms with E-state index in [0.29, 0.717) is 11.8 Å². The van der Waals surface area contributed by atoms with Crippen LogP contribution < -0.4 is 0 Å². The quantitative estimate of drug-likeness (QED) is 0.289. The lowest BCUT2D eigenvalue weighted by molar-refractivity contribution is 0.618. The van der Waals surface area contributed by atoms with Crippen molar-refractivity contribution in [2.45, 2.75) is 81.1 Å². The summed E-state index contributed by atoms with van der Waals surface area (Å²) in [6.45, 7) is 18.3. The molecule has 0 heteroatoms. The standard InChI is InChI=1S/C26H46/c1-21(2)13-9-17-25(18-10-14-22(3)4)26(19-11-15-23(5)6)20-12-16-24(7)8/h9-12,17-26H,13-16H2,1-8H3/b17-9-,18-10-,19-11-,20-12-. The van der Waals surface area contributed by atoms with Gasteiger partial charge in [-0.25, -0.2) is 0 Å². The second-order valence-electron chi connectivity index (χ2n) is 9.39. The molecule has 0 aliphatic heterocycles. The van der Waals surface area contributed by atoms with Gasteiger partial charge in [-0.2, -0.15) is 0 Å². The van der Waals surface area contributed by atoms with Crippen LogP contribution in [0.1, 0.15) is 81.1 Å². The van der Waals surface area contributed by atoms with Crippen molar-refractivity contribution < 1.29 is 0 Å². The molecule has 0 amide bonds. The summed E-state index contributed by atoms with van der Waals surface area (Å²) < 4.78 is 0. The fraction of sp³-hybridized carbons (Fsp3) is 0.692. The minimum absolute atomic E-state index is 0.458. The predicted octanol–water partition coefficient (Wildman–Crippen LogP) is 8.63. The van der Waals surface area contributed by atoms with E-state index in [1.165, 1.54) is 0 Å². The van der Waals surface area contributed by atoms with Gasteiger partial charge in [0, 0.05) is 11.8 Å². The monoisotopic (exact) mass is 358 g/mol. The van der Waals surface area contributed by atoms with E-state index in [4.69, 9.17) is 0 Å². The Kier molecular flexibility index (Phi) is 14.5. The fourth-order valence-electron chi connectivity index (χ4n) is 2.67. The molecule has 150 valence electrons. The molecule has 0 aliphatic rings. The summed E-state index contributed by atoms with van der Waals surface area (Å²) in [4.78, 5) is 0. The van der Waals surface area contributed by atoms with E-state index in [9.17, 15) is 0 Å². The van der Waals surface area contributed by atoms with Gasteiger partial charge in [0.25, 0.3) is 0 Å². The van der Waals surface area contributed by atoms with E-state index in [-0.39, 0.29) is 0 Å². The lowest BCUT2D eigenvalue weighted by atomic mass is 9.88. The average Bonchev–Trinajstić information content (AvgIpc) is 2.50. The molecule has 0 aliphatic carbocycles. The second-order valence-corrected chi connectivity index (χ2v) is 9.39. The summed E-state index contributed by atoms with van der Waals surface area (Å²) in [6, 6.07) is 0. The first-order chi connectivity index (χ1) is 12.2. The van der Waals surface area contributed by atoms with E-state index in [1.54, 1.807) is 0 Å². The van der Waals surface area contributed by atoms with Gasteiger partial charge in [0.1, 0.15) is 0 Å². The van der Waals surface area contributed by atoms with E-state index in [1.807, 2.05) is 0 Å². The van der Waals surface area contributed by atoms with Gasteiger partial charge in [0.2, 0.25) is 0 Å². The molecule has 0 unspecified atom stereocenters. The zero-order valence-electron chi connectivity index (χ0n) is 18.9. The first-order valence-corrected chi connectivity index (χ1v) is 10.9. The molecule has 0 rings (SSSR count). The summed E-state index contributed by atoms with van der Waals surface area (Å²) in [5.74, 6) is 3.80. The Morgan fingerprint density at radius 2 is 0.577 bits per heavy atom. The Balaban J connectivity index is 5.33. The summed E-state index contributed by atoms with van der Waals surface area (Å²) in [5.41, 5.74) is 0. The number of allylic oxidation sites excluding steroid dienone is 8. The topological polar surface area (TPSA) is 0 Å². The lowest BCUT2D eigenvalue weighted by Crippen LogP contribution is -2.06. The normalized spacial score (nSPS) is 13.9. The molecule has 0 radical (unpaired) electrons. The van der Waals surface area contributed by atoms with Gasteiger partial charge in [-0.3, -0.25) is 0 Å². The highest BCUT2D eigenvalue weighted by atomic mass is 14.2. The molecule has 0 nitrogen and oxygen atoms in total. The third-order valence-corrected chi connectivity index (χ3v) is 4.31. The number of hydrogen-bond acceptors (Lipinski definition) is 0. The molecule has 0 fully saturated rings. The van der Waals surface area contributed by atoms with Crippen molar-refractivity contribution in [1.82, 2.24) is 0 Å². The highest BCUT2D eigenvalue weighted by Crippen LogP contribution is 2.22. The molecule has 0 aromatic heterocycles. The van der Waals surface area contributed by atoms with Crippen molar-refractivity contribution in [2.24, 2.45) is 35.5 Å². The average molecular weight is 359 g/mol. The van der Waals surface area contributed by atoms with Gasteiger partial charge < -0.3 is 0 Å². The Morgan fingerprint density at radius 1 is 0.385 bits per heavy atom. The van der Waals surface area contributed by atoms with Crippen LogP contribution in [-0.4, -0.2) is 0 Å². The maximum Gasteiger partial charge on any atom is 0.00441 e. The van der Waals surface area contributed by atoms with Crippen molar-refractivity contribution in [2.75, 3.05) is 0 Å². The third-order valence-electron chi connectivity index (χ3n) is 4.31. The third kappa shape index (κ3) is 15.2. The molecular formula is C26H46. The van der Waals surface area contributed by atoms with Crippen LogP contribution in [0.15, 0.2) is 48.6 Å². The van der Waals surface area contributed by atoms with Crippen LogP contribution >= 0.6 is 0 Å². The van der Waals surface area contributed by atoms with Gasteiger partial charge in [0.15, 0.2) is 0 Å². The molecule has 0 saturated heterocycles. The van der Waals surface area contributed by atoms with Crippen molar-refractivity contribution in [1.29, 1.82) is 0 Å². The second kappa shape index (κ2) is 15.1. The molecule has 0 bridgehead atoms. The van der Waals surface area contributed by atoms with Crippen LogP contribution in [0.4, 0.5) is 0 Å². The van der Waals surface area contributed by atoms with Crippen LogP contribution in [0.5, 0.6) is 0 Å². The Hall–Kier alpha value is -1.04. The van der Waals surface area contributed by atoms with Gasteiger partial charge in [-0.15, -0.1) is 0 Å². The molecule has 0 saturated carbocycles. The number of hydrogen-bond donors (Lipinski definition) is 0.